The monoisotopic (exact) mass is 268 g/mol. The number of aliphatic carboxylic acids is 1. The summed E-state index contributed by atoms with van der Waals surface area (Å²) in [5.41, 5.74) is -0.484. The third kappa shape index (κ3) is 3.39. The molecule has 0 aromatic carbocycles. The van der Waals surface area contributed by atoms with Gasteiger partial charge < -0.3 is 15.3 Å². The number of carbonyl (C=O) groups excluding carboxylic acids is 1. The number of nitrogens with one attached hydrogen (secondary N) is 1. The molecular weight excluding hydrogens is 244 g/mol. The van der Waals surface area contributed by atoms with Crippen LogP contribution in [0.5, 0.6) is 0 Å². The number of carboxylic acid groups (broad SMARTS) is 1. The molecule has 2 N–H and O–H groups in total. The van der Waals surface area contributed by atoms with Crippen molar-refractivity contribution in [3.05, 3.63) is 0 Å². The highest BCUT2D eigenvalue weighted by molar-refractivity contribution is 5.77. The SMILES string of the molecule is CCC1CCCN(C(=O)NC2(CC(=O)O)CCC2)C1. The summed E-state index contributed by atoms with van der Waals surface area (Å²) in [6.45, 7) is 3.76. The molecule has 0 aromatic rings. The number of carbonyl (C=O) groups is 2. The van der Waals surface area contributed by atoms with Crippen LogP contribution < -0.4 is 5.32 Å². The molecule has 1 unspecified atom stereocenters. The zero-order valence-corrected chi connectivity index (χ0v) is 11.7. The Bertz CT molecular complexity index is 353. The van der Waals surface area contributed by atoms with Crippen LogP contribution in [0.4, 0.5) is 4.79 Å². The van der Waals surface area contributed by atoms with E-state index in [4.69, 9.17) is 5.11 Å². The summed E-state index contributed by atoms with van der Waals surface area (Å²) in [5.74, 6) is -0.235. The lowest BCUT2D eigenvalue weighted by molar-refractivity contribution is -0.139. The van der Waals surface area contributed by atoms with Crippen LogP contribution in [-0.4, -0.2) is 40.6 Å². The minimum Gasteiger partial charge on any atom is -0.481 e. The molecule has 1 aliphatic carbocycles. The Hall–Kier alpha value is -1.26. The summed E-state index contributed by atoms with van der Waals surface area (Å²) in [5, 5.41) is 11.9. The van der Waals surface area contributed by atoms with Gasteiger partial charge >= 0.3 is 12.0 Å². The topological polar surface area (TPSA) is 69.6 Å². The number of urea groups is 1. The van der Waals surface area contributed by atoms with E-state index in [0.717, 1.165) is 45.2 Å². The van der Waals surface area contributed by atoms with Crippen LogP contribution in [0.1, 0.15) is 51.9 Å². The van der Waals surface area contributed by atoms with Gasteiger partial charge in [0, 0.05) is 13.1 Å². The summed E-state index contributed by atoms with van der Waals surface area (Å²) >= 11 is 0. The van der Waals surface area contributed by atoms with E-state index in [1.807, 2.05) is 4.90 Å². The standard InChI is InChI=1S/C14H24N2O3/c1-2-11-5-3-8-16(10-11)13(19)15-14(6-4-7-14)9-12(17)18/h11H,2-10H2,1H3,(H,15,19)(H,17,18). The molecule has 1 aliphatic heterocycles. The second-order valence-corrected chi connectivity index (χ2v) is 6.00. The predicted octanol–water partition coefficient (Wildman–Crippen LogP) is 2.22. The van der Waals surface area contributed by atoms with Gasteiger partial charge in [-0.25, -0.2) is 4.79 Å². The van der Waals surface area contributed by atoms with Crippen molar-refractivity contribution in [2.45, 2.75) is 57.4 Å². The summed E-state index contributed by atoms with van der Waals surface area (Å²) in [7, 11) is 0. The fraction of sp³-hybridized carbons (Fsp3) is 0.857. The number of carboxylic acids is 1. The van der Waals surface area contributed by atoms with Crippen LogP contribution in [0.15, 0.2) is 0 Å². The van der Waals surface area contributed by atoms with E-state index in [-0.39, 0.29) is 12.5 Å². The van der Waals surface area contributed by atoms with E-state index >= 15 is 0 Å². The van der Waals surface area contributed by atoms with Crippen LogP contribution >= 0.6 is 0 Å². The van der Waals surface area contributed by atoms with Gasteiger partial charge in [0.1, 0.15) is 0 Å². The third-order valence-corrected chi connectivity index (χ3v) is 4.56. The molecule has 2 rings (SSSR count). The summed E-state index contributed by atoms with van der Waals surface area (Å²) < 4.78 is 0. The Morgan fingerprint density at radius 3 is 2.63 bits per heavy atom. The zero-order chi connectivity index (χ0) is 13.9. The second-order valence-electron chi connectivity index (χ2n) is 6.00. The van der Waals surface area contributed by atoms with Crippen LogP contribution in [-0.2, 0) is 4.79 Å². The van der Waals surface area contributed by atoms with E-state index in [1.54, 1.807) is 0 Å². The molecule has 0 aromatic heterocycles. The second kappa shape index (κ2) is 5.80. The molecule has 1 saturated carbocycles. The molecular formula is C14H24N2O3. The smallest absolute Gasteiger partial charge is 0.317 e. The predicted molar refractivity (Wildman–Crippen MR) is 72.0 cm³/mol. The molecule has 19 heavy (non-hydrogen) atoms. The average Bonchev–Trinajstić information content (AvgIpc) is 2.35. The van der Waals surface area contributed by atoms with E-state index in [2.05, 4.69) is 12.2 Å². The van der Waals surface area contributed by atoms with Crippen molar-refractivity contribution >= 4 is 12.0 Å². The van der Waals surface area contributed by atoms with E-state index < -0.39 is 11.5 Å². The number of hydrogen-bond acceptors (Lipinski definition) is 2. The van der Waals surface area contributed by atoms with Gasteiger partial charge in [0.25, 0.3) is 0 Å². The molecule has 5 heteroatoms. The molecule has 5 nitrogen and oxygen atoms in total. The van der Waals surface area contributed by atoms with Crippen molar-refractivity contribution in [1.82, 2.24) is 10.2 Å². The zero-order valence-electron chi connectivity index (χ0n) is 11.7. The number of amides is 2. The van der Waals surface area contributed by atoms with Crippen molar-refractivity contribution in [2.75, 3.05) is 13.1 Å². The average molecular weight is 268 g/mol. The molecule has 0 spiro atoms. The van der Waals surface area contributed by atoms with Gasteiger partial charge in [0.05, 0.1) is 12.0 Å². The van der Waals surface area contributed by atoms with Crippen LogP contribution in [0, 0.1) is 5.92 Å². The fourth-order valence-corrected chi connectivity index (χ4v) is 3.13. The van der Waals surface area contributed by atoms with Crippen molar-refractivity contribution in [3.63, 3.8) is 0 Å². The molecule has 1 saturated heterocycles. The molecule has 1 atom stereocenters. The van der Waals surface area contributed by atoms with Crippen molar-refractivity contribution < 1.29 is 14.7 Å². The lowest BCUT2D eigenvalue weighted by Crippen LogP contribution is -2.59. The third-order valence-electron chi connectivity index (χ3n) is 4.56. The first kappa shape index (κ1) is 14.2. The number of hydrogen-bond donors (Lipinski definition) is 2. The fourth-order valence-electron chi connectivity index (χ4n) is 3.13. The van der Waals surface area contributed by atoms with Crippen LogP contribution in [0.2, 0.25) is 0 Å². The Labute approximate surface area is 114 Å². The van der Waals surface area contributed by atoms with E-state index in [9.17, 15) is 9.59 Å². The largest absolute Gasteiger partial charge is 0.481 e. The van der Waals surface area contributed by atoms with Crippen molar-refractivity contribution in [1.29, 1.82) is 0 Å². The summed E-state index contributed by atoms with van der Waals surface area (Å²) in [4.78, 5) is 25.0. The van der Waals surface area contributed by atoms with Gasteiger partial charge in [-0.2, -0.15) is 0 Å². The Balaban J connectivity index is 1.90. The number of nitrogens with zero attached hydrogens (tertiary/aromatic N) is 1. The van der Waals surface area contributed by atoms with Crippen molar-refractivity contribution in [3.8, 4) is 0 Å². The lowest BCUT2D eigenvalue weighted by Gasteiger charge is -2.43. The Morgan fingerprint density at radius 2 is 2.11 bits per heavy atom. The first-order valence-electron chi connectivity index (χ1n) is 7.33. The number of likely N-dealkylation sites (tertiary alicyclic amines) is 1. The highest BCUT2D eigenvalue weighted by Crippen LogP contribution is 2.35. The maximum absolute atomic E-state index is 12.3. The van der Waals surface area contributed by atoms with Gasteiger partial charge in [-0.3, -0.25) is 4.79 Å². The number of rotatable bonds is 4. The molecule has 1 heterocycles. The number of piperidine rings is 1. The molecule has 108 valence electrons. The quantitative estimate of drug-likeness (QED) is 0.821. The molecule has 2 fully saturated rings. The maximum Gasteiger partial charge on any atom is 0.317 e. The molecule has 2 aliphatic rings. The van der Waals surface area contributed by atoms with Gasteiger partial charge in [0.15, 0.2) is 0 Å². The minimum atomic E-state index is -0.829. The highest BCUT2D eigenvalue weighted by Gasteiger charge is 2.41. The highest BCUT2D eigenvalue weighted by atomic mass is 16.4. The van der Waals surface area contributed by atoms with E-state index in [1.165, 1.54) is 6.42 Å². The van der Waals surface area contributed by atoms with Crippen LogP contribution in [0.25, 0.3) is 0 Å². The maximum atomic E-state index is 12.3. The summed E-state index contributed by atoms with van der Waals surface area (Å²) in [6.07, 6.45) is 5.98. The first-order chi connectivity index (χ1) is 9.04. The molecule has 0 bridgehead atoms. The molecule has 0 radical (unpaired) electrons. The lowest BCUT2D eigenvalue weighted by atomic mass is 9.74. The first-order valence-corrected chi connectivity index (χ1v) is 7.33. The van der Waals surface area contributed by atoms with Gasteiger partial charge in [0.2, 0.25) is 0 Å². The van der Waals surface area contributed by atoms with Crippen LogP contribution in [0.3, 0.4) is 0 Å². The van der Waals surface area contributed by atoms with Gasteiger partial charge in [-0.05, 0) is 38.0 Å². The Morgan fingerprint density at radius 1 is 1.37 bits per heavy atom. The van der Waals surface area contributed by atoms with E-state index in [0.29, 0.717) is 5.92 Å². The summed E-state index contributed by atoms with van der Waals surface area (Å²) in [6, 6.07) is -0.0703. The Kier molecular flexibility index (Phi) is 4.32. The normalized spacial score (nSPS) is 25.5. The van der Waals surface area contributed by atoms with Crippen molar-refractivity contribution in [2.24, 2.45) is 5.92 Å². The molecule has 2 amide bonds. The van der Waals surface area contributed by atoms with Gasteiger partial charge in [-0.15, -0.1) is 0 Å². The minimum absolute atomic E-state index is 0.0454. The van der Waals surface area contributed by atoms with Gasteiger partial charge in [-0.1, -0.05) is 13.3 Å².